The van der Waals surface area contributed by atoms with Crippen molar-refractivity contribution in [1.29, 1.82) is 0 Å². The third-order valence-corrected chi connectivity index (χ3v) is 5.90. The number of methoxy groups -OCH3 is 1. The molecule has 0 radical (unpaired) electrons. The number of ether oxygens (including phenoxy) is 2. The predicted molar refractivity (Wildman–Crippen MR) is 128 cm³/mol. The highest BCUT2D eigenvalue weighted by Crippen LogP contribution is 2.27. The summed E-state index contributed by atoms with van der Waals surface area (Å²) in [7, 11) is 1.31. The molecule has 1 aliphatic rings. The molecule has 1 N–H and O–H groups in total. The van der Waals surface area contributed by atoms with Crippen LogP contribution >= 0.6 is 0 Å². The Morgan fingerprint density at radius 1 is 1.09 bits per heavy atom. The summed E-state index contributed by atoms with van der Waals surface area (Å²) in [6.07, 6.45) is 7.83. The van der Waals surface area contributed by atoms with Crippen molar-refractivity contribution in [2.45, 2.75) is 83.8 Å². The molecule has 1 aromatic carbocycles. The number of rotatable bonds is 10. The maximum absolute atomic E-state index is 13.5. The first-order valence-corrected chi connectivity index (χ1v) is 12.1. The number of benzene rings is 1. The van der Waals surface area contributed by atoms with Crippen molar-refractivity contribution in [3.63, 3.8) is 0 Å². The van der Waals surface area contributed by atoms with Crippen molar-refractivity contribution in [3.05, 3.63) is 35.9 Å². The maximum Gasteiger partial charge on any atom is 0.408 e. The number of hydrogen-bond donors (Lipinski definition) is 1. The number of nitrogens with one attached hydrogen (secondary N) is 1. The zero-order valence-electron chi connectivity index (χ0n) is 20.6. The fourth-order valence-electron chi connectivity index (χ4n) is 4.25. The van der Waals surface area contributed by atoms with E-state index in [0.717, 1.165) is 18.4 Å². The second-order valence-corrected chi connectivity index (χ2v) is 9.87. The highest BCUT2D eigenvalue weighted by molar-refractivity contribution is 5.88. The largest absolute Gasteiger partial charge is 0.468 e. The lowest BCUT2D eigenvalue weighted by Gasteiger charge is -2.29. The van der Waals surface area contributed by atoms with Crippen molar-refractivity contribution in [1.82, 2.24) is 10.2 Å². The smallest absolute Gasteiger partial charge is 0.408 e. The number of alkyl carbamates (subject to hydrolysis) is 1. The molecule has 0 aliphatic heterocycles. The summed E-state index contributed by atoms with van der Waals surface area (Å²) in [5.41, 5.74) is 0.225. The molecule has 0 bridgehead atoms. The lowest BCUT2D eigenvalue weighted by atomic mass is 9.86. The number of amides is 2. The van der Waals surface area contributed by atoms with E-state index in [1.165, 1.54) is 44.1 Å². The van der Waals surface area contributed by atoms with Crippen LogP contribution in [0.25, 0.3) is 0 Å². The van der Waals surface area contributed by atoms with Gasteiger partial charge >= 0.3 is 12.1 Å². The Bertz CT molecular complexity index is 754. The van der Waals surface area contributed by atoms with Crippen LogP contribution in [0.4, 0.5) is 4.79 Å². The van der Waals surface area contributed by atoms with Gasteiger partial charge in [0, 0.05) is 13.0 Å². The highest BCUT2D eigenvalue weighted by atomic mass is 16.6. The van der Waals surface area contributed by atoms with Crippen LogP contribution in [-0.4, -0.2) is 54.7 Å². The van der Waals surface area contributed by atoms with E-state index < -0.39 is 23.7 Å². The molecule has 0 spiro atoms. The summed E-state index contributed by atoms with van der Waals surface area (Å²) in [5, 5.41) is 2.73. The standard InChI is InChI=1S/C26H40N2O5/c1-26(2,3)33-25(31)27-22(18-21-14-9-6-10-15-21)24(30)28(19-23(29)32-4)17-11-16-20-12-7-5-8-13-20/h6,9-10,14-15,20,22H,5,7-8,11-13,16-19H2,1-4H3,(H,27,31)/t22-/m0/s1. The Kier molecular flexibility index (Phi) is 10.7. The molecule has 7 heteroatoms. The fraction of sp³-hybridized carbons (Fsp3) is 0.654. The van der Waals surface area contributed by atoms with Gasteiger partial charge in [0.25, 0.3) is 0 Å². The van der Waals surface area contributed by atoms with E-state index in [9.17, 15) is 14.4 Å². The zero-order chi connectivity index (χ0) is 24.3. The molecule has 7 nitrogen and oxygen atoms in total. The molecule has 1 saturated carbocycles. The normalized spacial score (nSPS) is 15.4. The number of carbonyl (C=O) groups excluding carboxylic acids is 3. The van der Waals surface area contributed by atoms with Crippen LogP contribution in [0.15, 0.2) is 30.3 Å². The van der Waals surface area contributed by atoms with Crippen LogP contribution in [0.3, 0.4) is 0 Å². The van der Waals surface area contributed by atoms with E-state index in [-0.39, 0.29) is 12.5 Å². The Labute approximate surface area is 198 Å². The Morgan fingerprint density at radius 3 is 2.36 bits per heavy atom. The minimum absolute atomic E-state index is 0.138. The highest BCUT2D eigenvalue weighted by Gasteiger charge is 2.29. The topological polar surface area (TPSA) is 84.9 Å². The average molecular weight is 461 g/mol. The number of hydrogen-bond acceptors (Lipinski definition) is 5. The first-order chi connectivity index (χ1) is 15.7. The second-order valence-electron chi connectivity index (χ2n) is 9.87. The summed E-state index contributed by atoms with van der Waals surface area (Å²) in [5.74, 6) is -0.0932. The molecule has 1 aliphatic carbocycles. The van der Waals surface area contributed by atoms with Crippen LogP contribution in [0, 0.1) is 5.92 Å². The van der Waals surface area contributed by atoms with Crippen LogP contribution in [0.1, 0.15) is 71.3 Å². The first-order valence-electron chi connectivity index (χ1n) is 12.1. The molecule has 0 saturated heterocycles. The van der Waals surface area contributed by atoms with E-state index in [1.54, 1.807) is 20.8 Å². The fourth-order valence-corrected chi connectivity index (χ4v) is 4.25. The molecular weight excluding hydrogens is 420 g/mol. The SMILES string of the molecule is COC(=O)CN(CCCC1CCCCC1)C(=O)[C@H](Cc1ccccc1)NC(=O)OC(C)(C)C. The molecule has 1 fully saturated rings. The third kappa shape index (κ3) is 10.3. The molecule has 0 unspecified atom stereocenters. The van der Waals surface area contributed by atoms with Gasteiger partial charge < -0.3 is 19.7 Å². The van der Waals surface area contributed by atoms with Crippen molar-refractivity contribution in [2.24, 2.45) is 5.92 Å². The Morgan fingerprint density at radius 2 is 1.76 bits per heavy atom. The van der Waals surface area contributed by atoms with Crippen LogP contribution in [0.5, 0.6) is 0 Å². The van der Waals surface area contributed by atoms with Crippen molar-refractivity contribution in [2.75, 3.05) is 20.2 Å². The van der Waals surface area contributed by atoms with Crippen molar-refractivity contribution >= 4 is 18.0 Å². The number of carbonyl (C=O) groups is 3. The van der Waals surface area contributed by atoms with Crippen molar-refractivity contribution in [3.8, 4) is 0 Å². The molecule has 2 amide bonds. The molecule has 33 heavy (non-hydrogen) atoms. The monoisotopic (exact) mass is 460 g/mol. The lowest BCUT2D eigenvalue weighted by Crippen LogP contribution is -2.52. The van der Waals surface area contributed by atoms with E-state index in [0.29, 0.717) is 18.9 Å². The third-order valence-electron chi connectivity index (χ3n) is 5.90. The molecule has 2 rings (SSSR count). The molecule has 1 aromatic rings. The minimum Gasteiger partial charge on any atom is -0.468 e. The predicted octanol–water partition coefficient (Wildman–Crippen LogP) is 4.48. The molecule has 1 atom stereocenters. The first kappa shape index (κ1) is 26.7. The van der Waals surface area contributed by atoms with Gasteiger partial charge in [0.15, 0.2) is 0 Å². The van der Waals surface area contributed by atoms with Crippen LogP contribution in [-0.2, 0) is 25.5 Å². The van der Waals surface area contributed by atoms with Gasteiger partial charge in [-0.3, -0.25) is 9.59 Å². The number of nitrogens with zero attached hydrogens (tertiary/aromatic N) is 1. The molecule has 184 valence electrons. The quantitative estimate of drug-likeness (QED) is 0.520. The Hall–Kier alpha value is -2.57. The molecule has 0 heterocycles. The maximum atomic E-state index is 13.5. The van der Waals surface area contributed by atoms with E-state index in [4.69, 9.17) is 9.47 Å². The molecular formula is C26H40N2O5. The summed E-state index contributed by atoms with van der Waals surface area (Å²) in [6.45, 7) is 5.63. The Balaban J connectivity index is 2.12. The second kappa shape index (κ2) is 13.2. The van der Waals surface area contributed by atoms with E-state index in [2.05, 4.69) is 5.32 Å². The van der Waals surface area contributed by atoms with Gasteiger partial charge in [-0.25, -0.2) is 4.79 Å². The van der Waals surface area contributed by atoms with Crippen LogP contribution in [0.2, 0.25) is 0 Å². The summed E-state index contributed by atoms with van der Waals surface area (Å²) in [4.78, 5) is 39.6. The average Bonchev–Trinajstić information content (AvgIpc) is 2.77. The van der Waals surface area contributed by atoms with Crippen LogP contribution < -0.4 is 5.32 Å². The van der Waals surface area contributed by atoms with Gasteiger partial charge in [-0.15, -0.1) is 0 Å². The molecule has 0 aromatic heterocycles. The zero-order valence-corrected chi connectivity index (χ0v) is 20.6. The van der Waals surface area contributed by atoms with Gasteiger partial charge in [0.2, 0.25) is 5.91 Å². The van der Waals surface area contributed by atoms with Gasteiger partial charge in [0.05, 0.1) is 7.11 Å². The van der Waals surface area contributed by atoms with Gasteiger partial charge in [0.1, 0.15) is 18.2 Å². The summed E-state index contributed by atoms with van der Waals surface area (Å²) < 4.78 is 10.2. The van der Waals surface area contributed by atoms with E-state index in [1.807, 2.05) is 30.3 Å². The minimum atomic E-state index is -0.846. The van der Waals surface area contributed by atoms with Gasteiger partial charge in [-0.05, 0) is 45.1 Å². The summed E-state index contributed by atoms with van der Waals surface area (Å²) >= 11 is 0. The van der Waals surface area contributed by atoms with Gasteiger partial charge in [-0.2, -0.15) is 0 Å². The van der Waals surface area contributed by atoms with E-state index >= 15 is 0 Å². The lowest BCUT2D eigenvalue weighted by molar-refractivity contribution is -0.147. The number of esters is 1. The van der Waals surface area contributed by atoms with Gasteiger partial charge in [-0.1, -0.05) is 62.4 Å². The summed E-state index contributed by atoms with van der Waals surface area (Å²) in [6, 6.07) is 8.65. The van der Waals surface area contributed by atoms with Crippen molar-refractivity contribution < 1.29 is 23.9 Å².